The molecule has 0 bridgehead atoms. The van der Waals surface area contributed by atoms with Crippen LogP contribution in [0, 0.1) is 5.92 Å². The first-order valence-electron chi connectivity index (χ1n) is 4.65. The molecule has 0 aromatic carbocycles. The van der Waals surface area contributed by atoms with Gasteiger partial charge in [0.2, 0.25) is 0 Å². The van der Waals surface area contributed by atoms with Crippen molar-refractivity contribution in [3.05, 3.63) is 10.6 Å². The molecule has 0 aromatic heterocycles. The summed E-state index contributed by atoms with van der Waals surface area (Å²) >= 11 is 5.76. The Kier molecular flexibility index (Phi) is 3.63. The van der Waals surface area contributed by atoms with Crippen molar-refractivity contribution in [2.45, 2.75) is 26.2 Å². The molecule has 1 unspecified atom stereocenters. The van der Waals surface area contributed by atoms with Gasteiger partial charge >= 0.3 is 5.97 Å². The standard InChI is InChI=1S/C10H11ClO4/c1-2-7(12)9-6(11)3-5(10(14)15)4-8(9)13/h5H,2-4H2,1H3,(H,14,15). The van der Waals surface area contributed by atoms with Crippen molar-refractivity contribution in [2.24, 2.45) is 5.92 Å². The number of ketones is 2. The quantitative estimate of drug-likeness (QED) is 0.747. The van der Waals surface area contributed by atoms with Crippen LogP contribution in [0.25, 0.3) is 0 Å². The van der Waals surface area contributed by atoms with E-state index in [1.54, 1.807) is 6.92 Å². The van der Waals surface area contributed by atoms with Crippen molar-refractivity contribution in [3.8, 4) is 0 Å². The predicted octanol–water partition coefficient (Wildman–Crippen LogP) is 1.52. The molecular formula is C10H11ClO4. The zero-order valence-corrected chi connectivity index (χ0v) is 9.00. The summed E-state index contributed by atoms with van der Waals surface area (Å²) in [5.41, 5.74) is -0.00309. The molecule has 0 radical (unpaired) electrons. The maximum Gasteiger partial charge on any atom is 0.307 e. The Morgan fingerprint density at radius 1 is 1.47 bits per heavy atom. The van der Waals surface area contributed by atoms with E-state index in [1.807, 2.05) is 0 Å². The van der Waals surface area contributed by atoms with Gasteiger partial charge in [0.25, 0.3) is 0 Å². The third-order valence-corrected chi connectivity index (χ3v) is 2.70. The van der Waals surface area contributed by atoms with Gasteiger partial charge in [0.1, 0.15) is 0 Å². The average molecular weight is 231 g/mol. The SMILES string of the molecule is CCC(=O)C1=C(Cl)CC(C(=O)O)CC1=O. The fourth-order valence-electron chi connectivity index (χ4n) is 1.53. The Morgan fingerprint density at radius 2 is 2.07 bits per heavy atom. The number of halogens is 1. The number of aliphatic carboxylic acids is 1. The molecular weight excluding hydrogens is 220 g/mol. The Balaban J connectivity index is 2.99. The molecule has 5 heteroatoms. The van der Waals surface area contributed by atoms with Crippen LogP contribution in [0.15, 0.2) is 10.6 Å². The van der Waals surface area contributed by atoms with Crippen LogP contribution >= 0.6 is 11.6 Å². The second-order valence-electron chi connectivity index (χ2n) is 3.42. The first-order valence-corrected chi connectivity index (χ1v) is 5.03. The number of carboxylic acids is 1. The molecule has 15 heavy (non-hydrogen) atoms. The molecule has 1 aliphatic carbocycles. The van der Waals surface area contributed by atoms with Crippen molar-refractivity contribution >= 4 is 29.1 Å². The summed E-state index contributed by atoms with van der Waals surface area (Å²) < 4.78 is 0. The van der Waals surface area contributed by atoms with Gasteiger partial charge in [-0.05, 0) is 6.42 Å². The van der Waals surface area contributed by atoms with E-state index in [0.29, 0.717) is 0 Å². The largest absolute Gasteiger partial charge is 0.481 e. The van der Waals surface area contributed by atoms with E-state index in [0.717, 1.165) is 0 Å². The first kappa shape index (κ1) is 11.9. The number of carbonyl (C=O) groups is 3. The van der Waals surface area contributed by atoms with Gasteiger partial charge in [0, 0.05) is 17.9 Å². The van der Waals surface area contributed by atoms with E-state index in [-0.39, 0.29) is 35.7 Å². The van der Waals surface area contributed by atoms with Crippen LogP contribution in [0.5, 0.6) is 0 Å². The second kappa shape index (κ2) is 4.57. The van der Waals surface area contributed by atoms with Crippen molar-refractivity contribution in [3.63, 3.8) is 0 Å². The van der Waals surface area contributed by atoms with Crippen molar-refractivity contribution in [2.75, 3.05) is 0 Å². The zero-order chi connectivity index (χ0) is 11.6. The average Bonchev–Trinajstić information content (AvgIpc) is 2.16. The lowest BCUT2D eigenvalue weighted by atomic mass is 9.86. The van der Waals surface area contributed by atoms with Gasteiger partial charge in [-0.25, -0.2) is 0 Å². The fourth-order valence-corrected chi connectivity index (χ4v) is 1.92. The first-order chi connectivity index (χ1) is 6.97. The van der Waals surface area contributed by atoms with E-state index in [2.05, 4.69) is 0 Å². The molecule has 0 saturated carbocycles. The Bertz CT molecular complexity index is 356. The van der Waals surface area contributed by atoms with E-state index in [4.69, 9.17) is 16.7 Å². The minimum absolute atomic E-state index is 0.00309. The molecule has 0 amide bonds. The van der Waals surface area contributed by atoms with Gasteiger partial charge in [-0.1, -0.05) is 18.5 Å². The summed E-state index contributed by atoms with van der Waals surface area (Å²) in [7, 11) is 0. The van der Waals surface area contributed by atoms with Crippen LogP contribution < -0.4 is 0 Å². The van der Waals surface area contributed by atoms with Crippen LogP contribution in [0.1, 0.15) is 26.2 Å². The van der Waals surface area contributed by atoms with E-state index >= 15 is 0 Å². The molecule has 0 fully saturated rings. The molecule has 1 aliphatic rings. The summed E-state index contributed by atoms with van der Waals surface area (Å²) in [6.45, 7) is 1.63. The Hall–Kier alpha value is -1.16. The highest BCUT2D eigenvalue weighted by Crippen LogP contribution is 2.30. The topological polar surface area (TPSA) is 71.4 Å². The Morgan fingerprint density at radius 3 is 2.47 bits per heavy atom. The third kappa shape index (κ3) is 2.45. The summed E-state index contributed by atoms with van der Waals surface area (Å²) in [6.07, 6.45) is 0.144. The summed E-state index contributed by atoms with van der Waals surface area (Å²) in [6, 6.07) is 0. The van der Waals surface area contributed by atoms with Crippen LogP contribution in [-0.4, -0.2) is 22.6 Å². The van der Waals surface area contributed by atoms with E-state index in [1.165, 1.54) is 0 Å². The van der Waals surface area contributed by atoms with Gasteiger partial charge in [0.05, 0.1) is 11.5 Å². The lowest BCUT2D eigenvalue weighted by molar-refractivity contribution is -0.144. The molecule has 0 aromatic rings. The monoisotopic (exact) mass is 230 g/mol. The molecule has 0 saturated heterocycles. The molecule has 4 nitrogen and oxygen atoms in total. The number of hydrogen-bond donors (Lipinski definition) is 1. The van der Waals surface area contributed by atoms with Crippen LogP contribution in [0.4, 0.5) is 0 Å². The van der Waals surface area contributed by atoms with Crippen LogP contribution in [0.2, 0.25) is 0 Å². The minimum Gasteiger partial charge on any atom is -0.481 e. The smallest absolute Gasteiger partial charge is 0.307 e. The van der Waals surface area contributed by atoms with Crippen LogP contribution in [0.3, 0.4) is 0 Å². The molecule has 0 spiro atoms. The van der Waals surface area contributed by atoms with Gasteiger partial charge in [-0.3, -0.25) is 14.4 Å². The molecule has 1 atom stereocenters. The molecule has 1 N–H and O–H groups in total. The number of rotatable bonds is 3. The summed E-state index contributed by atoms with van der Waals surface area (Å²) in [5, 5.41) is 8.83. The second-order valence-corrected chi connectivity index (χ2v) is 3.88. The van der Waals surface area contributed by atoms with E-state index in [9.17, 15) is 14.4 Å². The van der Waals surface area contributed by atoms with Crippen molar-refractivity contribution < 1.29 is 19.5 Å². The number of hydrogen-bond acceptors (Lipinski definition) is 3. The molecule has 82 valence electrons. The number of carboxylic acid groups (broad SMARTS) is 1. The fraction of sp³-hybridized carbons (Fsp3) is 0.500. The maximum atomic E-state index is 11.5. The van der Waals surface area contributed by atoms with Gasteiger partial charge in [-0.15, -0.1) is 0 Å². The van der Waals surface area contributed by atoms with E-state index < -0.39 is 17.7 Å². The third-order valence-electron chi connectivity index (χ3n) is 2.36. The maximum absolute atomic E-state index is 11.5. The highest BCUT2D eigenvalue weighted by Gasteiger charge is 2.33. The zero-order valence-electron chi connectivity index (χ0n) is 8.25. The Labute approximate surface area is 91.9 Å². The van der Waals surface area contributed by atoms with Gasteiger partial charge < -0.3 is 5.11 Å². The molecule has 0 heterocycles. The normalized spacial score (nSPS) is 21.7. The minimum atomic E-state index is -1.05. The van der Waals surface area contributed by atoms with Crippen molar-refractivity contribution in [1.29, 1.82) is 0 Å². The van der Waals surface area contributed by atoms with Crippen molar-refractivity contribution in [1.82, 2.24) is 0 Å². The summed E-state index contributed by atoms with van der Waals surface area (Å²) in [4.78, 5) is 33.5. The molecule has 0 aliphatic heterocycles. The predicted molar refractivity (Wildman–Crippen MR) is 53.5 cm³/mol. The highest BCUT2D eigenvalue weighted by atomic mass is 35.5. The molecule has 1 rings (SSSR count). The summed E-state index contributed by atoms with van der Waals surface area (Å²) in [5.74, 6) is -2.61. The highest BCUT2D eigenvalue weighted by molar-refractivity contribution is 6.37. The lowest BCUT2D eigenvalue weighted by Gasteiger charge is -2.19. The lowest BCUT2D eigenvalue weighted by Crippen LogP contribution is -2.27. The van der Waals surface area contributed by atoms with Gasteiger partial charge in [0.15, 0.2) is 11.6 Å². The number of Topliss-reactive ketones (excluding diaryl/α,β-unsaturated/α-hetero) is 2. The van der Waals surface area contributed by atoms with Crippen LogP contribution in [-0.2, 0) is 14.4 Å². The van der Waals surface area contributed by atoms with Gasteiger partial charge in [-0.2, -0.15) is 0 Å². The number of allylic oxidation sites excluding steroid dienone is 2. The number of carbonyl (C=O) groups excluding carboxylic acids is 2.